The van der Waals surface area contributed by atoms with Gasteiger partial charge in [-0.15, -0.1) is 11.8 Å². The lowest BCUT2D eigenvalue weighted by molar-refractivity contribution is -0.114. The zero-order chi connectivity index (χ0) is 10.4. The molecule has 0 amide bonds. The number of rotatable bonds is 5. The van der Waals surface area contributed by atoms with Gasteiger partial charge in [0, 0.05) is 11.9 Å². The van der Waals surface area contributed by atoms with E-state index < -0.39 is 0 Å². The summed E-state index contributed by atoms with van der Waals surface area (Å²) >= 11 is 1.59. The third kappa shape index (κ3) is 3.75. The number of nitrogens with zero attached hydrogens (tertiary/aromatic N) is 1. The van der Waals surface area contributed by atoms with Crippen LogP contribution < -0.4 is 0 Å². The summed E-state index contributed by atoms with van der Waals surface area (Å²) in [7, 11) is 0. The second kappa shape index (κ2) is 5.60. The van der Waals surface area contributed by atoms with E-state index in [-0.39, 0.29) is 5.78 Å². The minimum absolute atomic E-state index is 0.204. The highest BCUT2D eigenvalue weighted by Crippen LogP contribution is 2.11. The molecule has 14 heavy (non-hydrogen) atoms. The molecule has 1 aromatic rings. The van der Waals surface area contributed by atoms with Gasteiger partial charge in [-0.05, 0) is 24.6 Å². The average molecular weight is 207 g/mol. The molecule has 0 radical (unpaired) electrons. The molecule has 0 atom stereocenters. The number of aromatic nitrogens is 1. The van der Waals surface area contributed by atoms with Crippen molar-refractivity contribution >= 4 is 23.6 Å². The summed E-state index contributed by atoms with van der Waals surface area (Å²) in [5, 5.41) is 0. The number of pyridine rings is 1. The molecule has 0 saturated carbocycles. The average Bonchev–Trinajstić information content (AvgIpc) is 2.18. The Labute approximate surface area is 88.4 Å². The van der Waals surface area contributed by atoms with Gasteiger partial charge in [0.05, 0.1) is 11.4 Å². The highest BCUT2D eigenvalue weighted by Gasteiger charge is 1.97. The van der Waals surface area contributed by atoms with Gasteiger partial charge < -0.3 is 0 Å². The van der Waals surface area contributed by atoms with Crippen LogP contribution in [-0.4, -0.2) is 16.5 Å². The van der Waals surface area contributed by atoms with Crippen LogP contribution >= 0.6 is 11.8 Å². The highest BCUT2D eigenvalue weighted by atomic mass is 32.2. The lowest BCUT2D eigenvalue weighted by atomic mass is 10.2. The predicted octanol–water partition coefficient (Wildman–Crippen LogP) is 2.55. The van der Waals surface area contributed by atoms with Crippen molar-refractivity contribution in [2.45, 2.75) is 12.7 Å². The fraction of sp³-hybridized carbons (Fsp3) is 0.273. The van der Waals surface area contributed by atoms with Gasteiger partial charge in [0.2, 0.25) is 0 Å². The summed E-state index contributed by atoms with van der Waals surface area (Å²) < 4.78 is 0. The van der Waals surface area contributed by atoms with Crippen LogP contribution in [0, 0.1) is 0 Å². The molecule has 0 fully saturated rings. The number of ketones is 1. The van der Waals surface area contributed by atoms with Crippen LogP contribution in [0.25, 0.3) is 6.08 Å². The Balaban J connectivity index is 2.50. The Morgan fingerprint density at radius 3 is 3.14 bits per heavy atom. The summed E-state index contributed by atoms with van der Waals surface area (Å²) in [6, 6.07) is 3.90. The van der Waals surface area contributed by atoms with E-state index in [1.165, 1.54) is 0 Å². The molecule has 0 aliphatic heterocycles. The van der Waals surface area contributed by atoms with Crippen LogP contribution in [0.2, 0.25) is 0 Å². The van der Waals surface area contributed by atoms with Gasteiger partial charge >= 0.3 is 0 Å². The summed E-state index contributed by atoms with van der Waals surface area (Å²) in [6.45, 7) is 5.29. The van der Waals surface area contributed by atoms with Crippen molar-refractivity contribution in [1.29, 1.82) is 0 Å². The molecule has 1 aromatic heterocycles. The molecular formula is C11H13NOS. The first-order chi connectivity index (χ1) is 6.72. The maximum atomic E-state index is 10.7. The number of carbonyl (C=O) groups excluding carboxylic acids is 1. The van der Waals surface area contributed by atoms with Crippen molar-refractivity contribution in [3.05, 3.63) is 36.2 Å². The fourth-order valence-electron chi connectivity index (χ4n) is 1.00. The van der Waals surface area contributed by atoms with E-state index in [0.717, 1.165) is 17.0 Å². The normalized spacial score (nSPS) is 9.79. The molecule has 0 N–H and O–H groups in total. The van der Waals surface area contributed by atoms with Crippen molar-refractivity contribution in [2.24, 2.45) is 0 Å². The van der Waals surface area contributed by atoms with Crippen LogP contribution in [0.1, 0.15) is 18.2 Å². The first-order valence-corrected chi connectivity index (χ1v) is 5.52. The first kappa shape index (κ1) is 11.0. The van der Waals surface area contributed by atoms with Gasteiger partial charge in [-0.1, -0.05) is 12.7 Å². The van der Waals surface area contributed by atoms with Gasteiger partial charge in [0.15, 0.2) is 0 Å². The lowest BCUT2D eigenvalue weighted by Crippen LogP contribution is -1.95. The van der Waals surface area contributed by atoms with Crippen molar-refractivity contribution in [2.75, 3.05) is 5.75 Å². The number of hydrogen-bond donors (Lipinski definition) is 0. The minimum Gasteiger partial charge on any atom is -0.299 e. The molecule has 74 valence electrons. The zero-order valence-electron chi connectivity index (χ0n) is 8.19. The largest absolute Gasteiger partial charge is 0.299 e. The predicted molar refractivity (Wildman–Crippen MR) is 61.2 cm³/mol. The molecule has 0 spiro atoms. The monoisotopic (exact) mass is 207 g/mol. The highest BCUT2D eigenvalue weighted by molar-refractivity contribution is 7.99. The number of thioether (sulfide) groups is 1. The van der Waals surface area contributed by atoms with E-state index in [0.29, 0.717) is 5.75 Å². The van der Waals surface area contributed by atoms with E-state index in [1.807, 2.05) is 12.1 Å². The van der Waals surface area contributed by atoms with E-state index in [2.05, 4.69) is 11.6 Å². The summed E-state index contributed by atoms with van der Waals surface area (Å²) in [4.78, 5) is 14.9. The third-order valence-electron chi connectivity index (χ3n) is 1.63. The maximum absolute atomic E-state index is 10.7. The van der Waals surface area contributed by atoms with Crippen LogP contribution in [0.5, 0.6) is 0 Å². The molecular weight excluding hydrogens is 194 g/mol. The van der Waals surface area contributed by atoms with Crippen molar-refractivity contribution < 1.29 is 4.79 Å². The van der Waals surface area contributed by atoms with E-state index in [1.54, 1.807) is 31.0 Å². The molecule has 2 nitrogen and oxygen atoms in total. The van der Waals surface area contributed by atoms with Crippen LogP contribution in [0.15, 0.2) is 24.9 Å². The molecule has 3 heteroatoms. The Kier molecular flexibility index (Phi) is 4.40. The second-order valence-electron chi connectivity index (χ2n) is 2.98. The van der Waals surface area contributed by atoms with Gasteiger partial charge in [0.25, 0.3) is 0 Å². The van der Waals surface area contributed by atoms with Gasteiger partial charge in [-0.3, -0.25) is 9.78 Å². The van der Waals surface area contributed by atoms with Crippen molar-refractivity contribution in [3.8, 4) is 0 Å². The van der Waals surface area contributed by atoms with Gasteiger partial charge in [-0.2, -0.15) is 0 Å². The van der Waals surface area contributed by atoms with E-state index >= 15 is 0 Å². The molecule has 0 aliphatic rings. The third-order valence-corrected chi connectivity index (χ3v) is 2.74. The van der Waals surface area contributed by atoms with Gasteiger partial charge in [0.1, 0.15) is 5.78 Å². The van der Waals surface area contributed by atoms with Crippen molar-refractivity contribution in [3.63, 3.8) is 0 Å². The number of Topliss-reactive ketones (excluding diaryl/α,β-unsaturated/α-hetero) is 1. The SMILES string of the molecule is C=Cc1ccnc(CSCC(C)=O)c1. The minimum atomic E-state index is 0.204. The molecule has 0 aromatic carbocycles. The molecule has 0 aliphatic carbocycles. The Morgan fingerprint density at radius 1 is 1.71 bits per heavy atom. The zero-order valence-corrected chi connectivity index (χ0v) is 9.01. The Morgan fingerprint density at radius 2 is 2.50 bits per heavy atom. The molecule has 1 rings (SSSR count). The topological polar surface area (TPSA) is 30.0 Å². The Hall–Kier alpha value is -1.09. The summed E-state index contributed by atoms with van der Waals surface area (Å²) in [5.41, 5.74) is 2.06. The van der Waals surface area contributed by atoms with E-state index in [9.17, 15) is 4.79 Å². The van der Waals surface area contributed by atoms with Crippen LogP contribution in [0.3, 0.4) is 0 Å². The fourth-order valence-corrected chi connectivity index (χ4v) is 1.76. The van der Waals surface area contributed by atoms with E-state index in [4.69, 9.17) is 0 Å². The van der Waals surface area contributed by atoms with Gasteiger partial charge in [-0.25, -0.2) is 0 Å². The lowest BCUT2D eigenvalue weighted by Gasteiger charge is -2.00. The first-order valence-electron chi connectivity index (χ1n) is 4.37. The Bertz CT molecular complexity index is 336. The number of carbonyl (C=O) groups is 1. The second-order valence-corrected chi connectivity index (χ2v) is 3.97. The summed E-state index contributed by atoms with van der Waals surface area (Å²) in [6.07, 6.45) is 3.56. The molecule has 0 unspecified atom stereocenters. The molecule has 0 saturated heterocycles. The number of hydrogen-bond acceptors (Lipinski definition) is 3. The summed E-state index contributed by atoms with van der Waals surface area (Å²) in [5.74, 6) is 1.54. The standard InChI is InChI=1S/C11H13NOS/c1-3-10-4-5-12-11(6-10)8-14-7-9(2)13/h3-6H,1,7-8H2,2H3. The van der Waals surface area contributed by atoms with Crippen molar-refractivity contribution in [1.82, 2.24) is 4.98 Å². The maximum Gasteiger partial charge on any atom is 0.139 e. The van der Waals surface area contributed by atoms with Crippen LogP contribution in [0.4, 0.5) is 0 Å². The molecule has 1 heterocycles. The van der Waals surface area contributed by atoms with Crippen LogP contribution in [-0.2, 0) is 10.5 Å². The smallest absolute Gasteiger partial charge is 0.139 e. The quantitative estimate of drug-likeness (QED) is 0.743. The molecule has 0 bridgehead atoms.